The molecule has 0 aromatic heterocycles. The summed E-state index contributed by atoms with van der Waals surface area (Å²) in [4.78, 5) is 13.2. The highest BCUT2D eigenvalue weighted by atomic mass is 32.2. The van der Waals surface area contributed by atoms with E-state index in [1.54, 1.807) is 0 Å². The number of amides is 1. The SMILES string of the molecule is O=C1C[C@@H](c2ccccc2)C[C@@H](CSc2ccccc2)N1. The monoisotopic (exact) mass is 297 g/mol. The third-order valence-electron chi connectivity index (χ3n) is 3.83. The van der Waals surface area contributed by atoms with Gasteiger partial charge in [0.1, 0.15) is 0 Å². The maximum Gasteiger partial charge on any atom is 0.220 e. The Bertz CT molecular complexity index is 585. The maximum atomic E-state index is 11.9. The van der Waals surface area contributed by atoms with Crippen molar-refractivity contribution in [2.24, 2.45) is 0 Å². The molecule has 2 aromatic rings. The van der Waals surface area contributed by atoms with Gasteiger partial charge in [-0.25, -0.2) is 0 Å². The number of benzene rings is 2. The number of carbonyl (C=O) groups is 1. The van der Waals surface area contributed by atoms with Gasteiger partial charge < -0.3 is 5.32 Å². The number of nitrogens with one attached hydrogen (secondary N) is 1. The van der Waals surface area contributed by atoms with Crippen molar-refractivity contribution >= 4 is 17.7 Å². The summed E-state index contributed by atoms with van der Waals surface area (Å²) in [6.07, 6.45) is 1.63. The minimum atomic E-state index is 0.175. The van der Waals surface area contributed by atoms with E-state index < -0.39 is 0 Å². The van der Waals surface area contributed by atoms with Gasteiger partial charge in [0.2, 0.25) is 5.91 Å². The fourth-order valence-corrected chi connectivity index (χ4v) is 3.76. The summed E-state index contributed by atoms with van der Waals surface area (Å²) in [5, 5.41) is 3.13. The highest BCUT2D eigenvalue weighted by molar-refractivity contribution is 7.99. The molecule has 0 spiro atoms. The molecule has 1 aliphatic heterocycles. The van der Waals surface area contributed by atoms with E-state index in [0.29, 0.717) is 12.3 Å². The lowest BCUT2D eigenvalue weighted by molar-refractivity contribution is -0.123. The predicted octanol–water partition coefficient (Wildman–Crippen LogP) is 3.84. The van der Waals surface area contributed by atoms with Gasteiger partial charge in [-0.15, -0.1) is 11.8 Å². The molecule has 1 saturated heterocycles. The molecular weight excluding hydrogens is 278 g/mol. The normalized spacial score (nSPS) is 21.8. The molecule has 0 aliphatic carbocycles. The van der Waals surface area contributed by atoms with Gasteiger partial charge in [0.25, 0.3) is 0 Å². The summed E-state index contributed by atoms with van der Waals surface area (Å²) >= 11 is 1.81. The Labute approximate surface area is 130 Å². The molecule has 1 amide bonds. The molecule has 0 radical (unpaired) electrons. The third-order valence-corrected chi connectivity index (χ3v) is 5.01. The number of piperidine rings is 1. The predicted molar refractivity (Wildman–Crippen MR) is 87.5 cm³/mol. The molecule has 2 atom stereocenters. The summed E-state index contributed by atoms with van der Waals surface area (Å²) in [5.74, 6) is 1.45. The zero-order valence-electron chi connectivity index (χ0n) is 11.9. The number of carbonyl (C=O) groups excluding carboxylic acids is 1. The molecule has 0 unspecified atom stereocenters. The average molecular weight is 297 g/mol. The number of thioether (sulfide) groups is 1. The van der Waals surface area contributed by atoms with Gasteiger partial charge in [0.15, 0.2) is 0 Å². The Morgan fingerprint density at radius 3 is 2.38 bits per heavy atom. The van der Waals surface area contributed by atoms with Crippen LogP contribution >= 0.6 is 11.8 Å². The number of rotatable bonds is 4. The quantitative estimate of drug-likeness (QED) is 0.869. The van der Waals surface area contributed by atoms with Crippen LogP contribution in [0.4, 0.5) is 0 Å². The van der Waals surface area contributed by atoms with Crippen LogP contribution in [0.5, 0.6) is 0 Å². The first-order valence-corrected chi connectivity index (χ1v) is 8.32. The average Bonchev–Trinajstić information content (AvgIpc) is 2.54. The summed E-state index contributed by atoms with van der Waals surface area (Å²) in [6, 6.07) is 21.0. The van der Waals surface area contributed by atoms with Crippen LogP contribution in [0, 0.1) is 0 Å². The second-order valence-electron chi connectivity index (χ2n) is 5.44. The molecule has 1 fully saturated rings. The first kappa shape index (κ1) is 14.2. The van der Waals surface area contributed by atoms with Crippen LogP contribution in [0.1, 0.15) is 24.3 Å². The summed E-state index contributed by atoms with van der Waals surface area (Å²) in [7, 11) is 0. The van der Waals surface area contributed by atoms with Crippen molar-refractivity contribution in [1.82, 2.24) is 5.32 Å². The Morgan fingerprint density at radius 2 is 1.67 bits per heavy atom. The van der Waals surface area contributed by atoms with Crippen molar-refractivity contribution < 1.29 is 4.79 Å². The van der Waals surface area contributed by atoms with Gasteiger partial charge in [-0.3, -0.25) is 4.79 Å². The zero-order valence-corrected chi connectivity index (χ0v) is 12.7. The van der Waals surface area contributed by atoms with E-state index in [2.05, 4.69) is 53.8 Å². The molecule has 0 bridgehead atoms. The van der Waals surface area contributed by atoms with Crippen molar-refractivity contribution in [2.45, 2.75) is 29.7 Å². The molecule has 1 aliphatic rings. The van der Waals surface area contributed by atoms with E-state index in [0.717, 1.165) is 12.2 Å². The van der Waals surface area contributed by atoms with Crippen LogP contribution in [0.25, 0.3) is 0 Å². The van der Waals surface area contributed by atoms with Crippen molar-refractivity contribution in [3.05, 3.63) is 66.2 Å². The van der Waals surface area contributed by atoms with Crippen molar-refractivity contribution in [3.63, 3.8) is 0 Å². The molecule has 21 heavy (non-hydrogen) atoms. The largest absolute Gasteiger partial charge is 0.352 e. The van der Waals surface area contributed by atoms with E-state index in [-0.39, 0.29) is 11.9 Å². The summed E-state index contributed by atoms with van der Waals surface area (Å²) in [5.41, 5.74) is 1.28. The van der Waals surface area contributed by atoms with E-state index in [9.17, 15) is 4.79 Å². The Morgan fingerprint density at radius 1 is 1.00 bits per heavy atom. The molecule has 2 aromatic carbocycles. The lowest BCUT2D eigenvalue weighted by Crippen LogP contribution is -2.43. The molecule has 108 valence electrons. The molecule has 2 nitrogen and oxygen atoms in total. The zero-order chi connectivity index (χ0) is 14.5. The number of hydrogen-bond donors (Lipinski definition) is 1. The summed E-state index contributed by atoms with van der Waals surface area (Å²) in [6.45, 7) is 0. The minimum absolute atomic E-state index is 0.175. The van der Waals surface area contributed by atoms with Crippen molar-refractivity contribution in [2.75, 3.05) is 5.75 Å². The smallest absolute Gasteiger partial charge is 0.220 e. The van der Waals surface area contributed by atoms with Crippen molar-refractivity contribution in [3.8, 4) is 0 Å². The van der Waals surface area contributed by atoms with Crippen LogP contribution in [0.2, 0.25) is 0 Å². The van der Waals surface area contributed by atoms with E-state index in [4.69, 9.17) is 0 Å². The van der Waals surface area contributed by atoms with Crippen LogP contribution in [0.15, 0.2) is 65.6 Å². The van der Waals surface area contributed by atoms with Crippen LogP contribution in [-0.2, 0) is 4.79 Å². The van der Waals surface area contributed by atoms with E-state index in [1.807, 2.05) is 23.9 Å². The van der Waals surface area contributed by atoms with Gasteiger partial charge in [-0.1, -0.05) is 48.5 Å². The van der Waals surface area contributed by atoms with E-state index >= 15 is 0 Å². The van der Waals surface area contributed by atoms with Crippen LogP contribution in [-0.4, -0.2) is 17.7 Å². The molecular formula is C18H19NOS. The summed E-state index contributed by atoms with van der Waals surface area (Å²) < 4.78 is 0. The highest BCUT2D eigenvalue weighted by Gasteiger charge is 2.27. The second-order valence-corrected chi connectivity index (χ2v) is 6.53. The molecule has 1 N–H and O–H groups in total. The van der Waals surface area contributed by atoms with Gasteiger partial charge >= 0.3 is 0 Å². The highest BCUT2D eigenvalue weighted by Crippen LogP contribution is 2.30. The minimum Gasteiger partial charge on any atom is -0.352 e. The Kier molecular flexibility index (Phi) is 4.61. The third kappa shape index (κ3) is 3.88. The van der Waals surface area contributed by atoms with Gasteiger partial charge in [-0.2, -0.15) is 0 Å². The van der Waals surface area contributed by atoms with Gasteiger partial charge in [0.05, 0.1) is 0 Å². The Hall–Kier alpha value is -1.74. The second kappa shape index (κ2) is 6.81. The van der Waals surface area contributed by atoms with Crippen molar-refractivity contribution in [1.29, 1.82) is 0 Å². The first-order chi connectivity index (χ1) is 10.3. The topological polar surface area (TPSA) is 29.1 Å². The van der Waals surface area contributed by atoms with Gasteiger partial charge in [0, 0.05) is 23.1 Å². The van der Waals surface area contributed by atoms with E-state index in [1.165, 1.54) is 10.5 Å². The lowest BCUT2D eigenvalue weighted by atomic mass is 9.86. The first-order valence-electron chi connectivity index (χ1n) is 7.33. The number of hydrogen-bond acceptors (Lipinski definition) is 2. The van der Waals surface area contributed by atoms with Crippen LogP contribution in [0.3, 0.4) is 0 Å². The molecule has 1 heterocycles. The van der Waals surface area contributed by atoms with Crippen LogP contribution < -0.4 is 5.32 Å². The molecule has 0 saturated carbocycles. The maximum absolute atomic E-state index is 11.9. The molecule has 3 rings (SSSR count). The fraction of sp³-hybridized carbons (Fsp3) is 0.278. The standard InChI is InChI=1S/C18H19NOS/c20-18-12-15(14-7-3-1-4-8-14)11-16(19-18)13-21-17-9-5-2-6-10-17/h1-10,15-16H,11-13H2,(H,19,20)/t15-,16-/m0/s1. The molecule has 3 heteroatoms. The fourth-order valence-electron chi connectivity index (χ4n) is 2.80. The van der Waals surface area contributed by atoms with Gasteiger partial charge in [-0.05, 0) is 30.0 Å². The Balaban J connectivity index is 1.62. The lowest BCUT2D eigenvalue weighted by Gasteiger charge is -2.30.